The van der Waals surface area contributed by atoms with E-state index in [9.17, 15) is 9.36 Å². The molecule has 0 bridgehead atoms. The maximum atomic E-state index is 12.2. The molecule has 1 heterocycles. The van der Waals surface area contributed by atoms with Gasteiger partial charge in [-0.3, -0.25) is 14.6 Å². The Morgan fingerprint density at radius 3 is 2.48 bits per heavy atom. The van der Waals surface area contributed by atoms with Crippen molar-refractivity contribution in [3.05, 3.63) is 56.4 Å². The molecule has 0 amide bonds. The highest BCUT2D eigenvalue weighted by Crippen LogP contribution is 2.41. The van der Waals surface area contributed by atoms with E-state index >= 15 is 0 Å². The summed E-state index contributed by atoms with van der Waals surface area (Å²) < 4.78 is 16.6. The van der Waals surface area contributed by atoms with Crippen molar-refractivity contribution in [2.75, 3.05) is 0 Å². The molecular weight excluding hydrogens is 462 g/mol. The number of phosphoric ester groups is 1. The van der Waals surface area contributed by atoms with Gasteiger partial charge in [-0.2, -0.15) is 0 Å². The van der Waals surface area contributed by atoms with E-state index < -0.39 is 7.82 Å². The molecule has 9 N–H and O–H groups in total. The van der Waals surface area contributed by atoms with Crippen molar-refractivity contribution in [3.63, 3.8) is 0 Å². The van der Waals surface area contributed by atoms with Gasteiger partial charge in [0.25, 0.3) is 5.56 Å². The number of H-pyrrole nitrogens is 1. The second-order valence-corrected chi connectivity index (χ2v) is 7.06. The Morgan fingerprint density at radius 2 is 1.80 bits per heavy atom. The quantitative estimate of drug-likeness (QED) is 0.281. The molecule has 1 aromatic heterocycles. The first-order chi connectivity index (χ1) is 10.8. The fraction of sp³-hybridized carbons (Fsp3) is 0. The van der Waals surface area contributed by atoms with E-state index in [4.69, 9.17) is 9.79 Å². The molecule has 11 heteroatoms. The normalized spacial score (nSPS) is 10.7. The Morgan fingerprint density at radius 1 is 1.12 bits per heavy atom. The van der Waals surface area contributed by atoms with Gasteiger partial charge in [-0.15, -0.1) is 0 Å². The molecule has 0 aliphatic heterocycles. The zero-order valence-electron chi connectivity index (χ0n) is 12.8. The van der Waals surface area contributed by atoms with E-state index in [1.807, 2.05) is 6.07 Å². The van der Waals surface area contributed by atoms with Crippen LogP contribution in [0.2, 0.25) is 0 Å². The van der Waals surface area contributed by atoms with Crippen LogP contribution in [0.1, 0.15) is 0 Å². The molecule has 0 fully saturated rings. The molecule has 0 atom stereocenters. The highest BCUT2D eigenvalue weighted by molar-refractivity contribution is 14.1. The van der Waals surface area contributed by atoms with Crippen LogP contribution in [0.4, 0.5) is 0 Å². The maximum Gasteiger partial charge on any atom is 0.524 e. The Kier molecular flexibility index (Phi) is 6.82. The number of rotatable bonds is 3. The number of nitrogens with one attached hydrogen (secondary N) is 1. The minimum absolute atomic E-state index is 0. The van der Waals surface area contributed by atoms with Gasteiger partial charge in [-0.1, -0.05) is 12.1 Å². The van der Waals surface area contributed by atoms with Gasteiger partial charge < -0.3 is 21.8 Å². The Bertz CT molecular complexity index is 1000. The molecule has 3 rings (SSSR count). The molecule has 134 valence electrons. The van der Waals surface area contributed by atoms with E-state index in [0.29, 0.717) is 10.9 Å². The van der Waals surface area contributed by atoms with Gasteiger partial charge in [0.1, 0.15) is 11.6 Å². The summed E-state index contributed by atoms with van der Waals surface area (Å²) in [5, 5.41) is 0.439. The maximum absolute atomic E-state index is 12.2. The van der Waals surface area contributed by atoms with Crippen LogP contribution in [0.25, 0.3) is 22.3 Å². The third kappa shape index (κ3) is 4.84. The van der Waals surface area contributed by atoms with Crippen molar-refractivity contribution in [2.45, 2.75) is 0 Å². The number of aromatic amines is 1. The van der Waals surface area contributed by atoms with Gasteiger partial charge in [0.15, 0.2) is 0 Å². The lowest BCUT2D eigenvalue weighted by Crippen LogP contribution is -2.10. The fourth-order valence-corrected chi connectivity index (χ4v) is 3.02. The second-order valence-electron chi connectivity index (χ2n) is 4.65. The topological polar surface area (TPSA) is 183 Å². The van der Waals surface area contributed by atoms with Gasteiger partial charge in [0.05, 0.1) is 16.5 Å². The average molecular weight is 478 g/mol. The summed E-state index contributed by atoms with van der Waals surface area (Å²) in [5.41, 5.74) is 0.429. The first-order valence-corrected chi connectivity index (χ1v) is 8.98. The predicted octanol–water partition coefficient (Wildman–Crippen LogP) is 2.99. The first kappa shape index (κ1) is 21.2. The molecule has 0 aliphatic rings. The fourth-order valence-electron chi connectivity index (χ4n) is 2.11. The molecule has 0 saturated carbocycles. The van der Waals surface area contributed by atoms with Crippen molar-refractivity contribution in [1.29, 1.82) is 0 Å². The van der Waals surface area contributed by atoms with Crippen molar-refractivity contribution in [1.82, 2.24) is 22.3 Å². The van der Waals surface area contributed by atoms with E-state index in [1.165, 1.54) is 6.07 Å². The summed E-state index contributed by atoms with van der Waals surface area (Å²) in [6, 6.07) is 11.4. The van der Waals surface area contributed by atoms with Crippen LogP contribution in [0.3, 0.4) is 0 Å². The van der Waals surface area contributed by atoms with Gasteiger partial charge in [-0.05, 0) is 52.9 Å². The Labute approximate surface area is 156 Å². The summed E-state index contributed by atoms with van der Waals surface area (Å²) in [4.78, 5) is 37.2. The molecule has 0 radical (unpaired) electrons. The number of para-hydroxylation sites is 1. The number of halogens is 1. The molecule has 25 heavy (non-hydrogen) atoms. The lowest BCUT2D eigenvalue weighted by atomic mass is 10.1. The van der Waals surface area contributed by atoms with Crippen LogP contribution in [0.15, 0.2) is 47.3 Å². The third-order valence-electron chi connectivity index (χ3n) is 3.03. The summed E-state index contributed by atoms with van der Waals surface area (Å²) >= 11 is 2.10. The van der Waals surface area contributed by atoms with E-state index in [1.54, 1.807) is 30.3 Å². The lowest BCUT2D eigenvalue weighted by Gasteiger charge is -2.11. The van der Waals surface area contributed by atoms with Gasteiger partial charge >= 0.3 is 7.82 Å². The van der Waals surface area contributed by atoms with Crippen LogP contribution in [-0.2, 0) is 4.57 Å². The zero-order chi connectivity index (χ0) is 16.6. The van der Waals surface area contributed by atoms with Gasteiger partial charge in [0.2, 0.25) is 0 Å². The highest BCUT2D eigenvalue weighted by atomic mass is 127. The lowest BCUT2D eigenvalue weighted by molar-refractivity contribution is 0.283. The zero-order valence-corrected chi connectivity index (χ0v) is 15.9. The van der Waals surface area contributed by atoms with Crippen molar-refractivity contribution < 1.29 is 18.9 Å². The molecule has 0 spiro atoms. The van der Waals surface area contributed by atoms with Crippen LogP contribution in [0, 0.1) is 3.57 Å². The van der Waals surface area contributed by atoms with E-state index in [0.717, 1.165) is 3.57 Å². The monoisotopic (exact) mass is 478 g/mol. The van der Waals surface area contributed by atoms with Crippen LogP contribution >= 0.6 is 30.4 Å². The largest absolute Gasteiger partial charge is 0.524 e. The smallest absolute Gasteiger partial charge is 0.403 e. The number of benzene rings is 2. The molecular formula is C14H16IN4O5P. The van der Waals surface area contributed by atoms with Crippen LogP contribution in [0.5, 0.6) is 5.75 Å². The van der Waals surface area contributed by atoms with Crippen molar-refractivity contribution in [3.8, 4) is 17.1 Å². The van der Waals surface area contributed by atoms with Crippen LogP contribution in [-0.4, -0.2) is 19.8 Å². The number of fused-ring (bicyclic) bond motifs is 1. The van der Waals surface area contributed by atoms with Crippen LogP contribution < -0.4 is 22.4 Å². The third-order valence-corrected chi connectivity index (χ3v) is 4.13. The van der Waals surface area contributed by atoms with Gasteiger partial charge in [0, 0.05) is 3.57 Å². The Balaban J connectivity index is 0.00000156. The SMILES string of the molecule is N.N.O=c1[nH]c(-c2ccccc2OP(=O)(O)O)nc2ccc(I)cc12. The number of hydrogen-bond donors (Lipinski definition) is 5. The standard InChI is InChI=1S/C14H10IN2O5P.2H3N/c15-8-5-6-11-10(7-8)14(18)17-13(16-11)9-3-1-2-4-12(9)22-23(19,20)21;;/h1-7H,(H,16,17,18)(H2,19,20,21);2*1H3. The molecule has 9 nitrogen and oxygen atoms in total. The highest BCUT2D eigenvalue weighted by Gasteiger charge is 2.20. The average Bonchev–Trinajstić information content (AvgIpc) is 2.47. The number of nitrogens with zero attached hydrogens (tertiary/aromatic N) is 1. The van der Waals surface area contributed by atoms with Crippen molar-refractivity contribution >= 4 is 41.3 Å². The molecule has 0 aliphatic carbocycles. The molecule has 0 saturated heterocycles. The Hall–Kier alpha value is -1.82. The predicted molar refractivity (Wildman–Crippen MR) is 103 cm³/mol. The van der Waals surface area contributed by atoms with Crippen molar-refractivity contribution in [2.24, 2.45) is 0 Å². The minimum atomic E-state index is -4.72. The summed E-state index contributed by atoms with van der Waals surface area (Å²) in [7, 11) is -4.72. The van der Waals surface area contributed by atoms with E-state index in [2.05, 4.69) is 37.1 Å². The molecule has 0 unspecified atom stereocenters. The van der Waals surface area contributed by atoms with Gasteiger partial charge in [-0.25, -0.2) is 9.55 Å². The minimum Gasteiger partial charge on any atom is -0.403 e. The summed E-state index contributed by atoms with van der Waals surface area (Å²) in [5.74, 6) is 0.113. The summed E-state index contributed by atoms with van der Waals surface area (Å²) in [6.07, 6.45) is 0. The molecule has 2 aromatic carbocycles. The number of phosphoric acid groups is 1. The number of hydrogen-bond acceptors (Lipinski definition) is 6. The second kappa shape index (κ2) is 8.04. The van der Waals surface area contributed by atoms with E-state index in [-0.39, 0.29) is 35.0 Å². The molecule has 3 aromatic rings. The first-order valence-electron chi connectivity index (χ1n) is 6.37. The summed E-state index contributed by atoms with van der Waals surface area (Å²) in [6.45, 7) is 0. The number of aromatic nitrogens is 2.